The first-order valence-electron chi connectivity index (χ1n) is 3.70. The van der Waals surface area contributed by atoms with Crippen molar-refractivity contribution in [2.75, 3.05) is 0 Å². The van der Waals surface area contributed by atoms with E-state index in [-0.39, 0.29) is 17.8 Å². The summed E-state index contributed by atoms with van der Waals surface area (Å²) in [6.07, 6.45) is -1.77. The van der Waals surface area contributed by atoms with E-state index in [4.69, 9.17) is 5.73 Å². The molecule has 0 amide bonds. The van der Waals surface area contributed by atoms with Crippen LogP contribution in [0.3, 0.4) is 0 Å². The maximum Gasteiger partial charge on any atom is 0.265 e. The highest BCUT2D eigenvalue weighted by Gasteiger charge is 2.17. The van der Waals surface area contributed by atoms with E-state index in [1.165, 1.54) is 6.92 Å². The highest BCUT2D eigenvalue weighted by atomic mass is 19.3. The van der Waals surface area contributed by atoms with Crippen molar-refractivity contribution in [2.45, 2.75) is 19.9 Å². The third-order valence-electron chi connectivity index (χ3n) is 1.77. The Balaban J connectivity index is 3.30. The maximum absolute atomic E-state index is 13.1. The lowest BCUT2D eigenvalue weighted by Crippen LogP contribution is -2.08. The van der Waals surface area contributed by atoms with E-state index in [0.29, 0.717) is 0 Å². The number of nitrogens with zero attached hydrogens (tertiary/aromatic N) is 1. The largest absolute Gasteiger partial charge is 0.326 e. The van der Waals surface area contributed by atoms with Gasteiger partial charge in [0.05, 0.1) is 5.69 Å². The summed E-state index contributed by atoms with van der Waals surface area (Å²) in [4.78, 5) is 3.50. The van der Waals surface area contributed by atoms with Gasteiger partial charge < -0.3 is 5.73 Å². The second-order valence-corrected chi connectivity index (χ2v) is 2.60. The summed E-state index contributed by atoms with van der Waals surface area (Å²) in [6.45, 7) is 1.17. The van der Waals surface area contributed by atoms with Crippen molar-refractivity contribution in [1.82, 2.24) is 4.98 Å². The molecule has 5 heteroatoms. The topological polar surface area (TPSA) is 38.9 Å². The van der Waals surface area contributed by atoms with Crippen molar-refractivity contribution in [3.8, 4) is 0 Å². The molecule has 0 fully saturated rings. The molecule has 2 nitrogen and oxygen atoms in total. The van der Waals surface area contributed by atoms with Gasteiger partial charge in [0, 0.05) is 23.9 Å². The number of hydrogen-bond acceptors (Lipinski definition) is 2. The van der Waals surface area contributed by atoms with Crippen molar-refractivity contribution in [2.24, 2.45) is 5.73 Å². The van der Waals surface area contributed by atoms with Gasteiger partial charge in [0.2, 0.25) is 0 Å². The zero-order valence-electron chi connectivity index (χ0n) is 7.02. The van der Waals surface area contributed by atoms with Crippen LogP contribution in [0.15, 0.2) is 6.20 Å². The molecular formula is C8H9F3N2. The summed E-state index contributed by atoms with van der Waals surface area (Å²) in [5.74, 6) is -0.736. The van der Waals surface area contributed by atoms with Crippen LogP contribution in [0.5, 0.6) is 0 Å². The molecule has 0 saturated heterocycles. The smallest absolute Gasteiger partial charge is 0.265 e. The predicted molar refractivity (Wildman–Crippen MR) is 41.8 cm³/mol. The minimum Gasteiger partial charge on any atom is -0.326 e. The molecule has 1 aromatic rings. The molecule has 0 spiro atoms. The fourth-order valence-corrected chi connectivity index (χ4v) is 1.04. The molecule has 0 aliphatic carbocycles. The Morgan fingerprint density at radius 1 is 1.54 bits per heavy atom. The SMILES string of the molecule is Cc1ncc(C(F)F)c(CN)c1F. The van der Waals surface area contributed by atoms with Gasteiger partial charge in [-0.15, -0.1) is 0 Å². The van der Waals surface area contributed by atoms with Crippen LogP contribution in [-0.4, -0.2) is 4.98 Å². The lowest BCUT2D eigenvalue weighted by molar-refractivity contribution is 0.149. The van der Waals surface area contributed by atoms with Crippen LogP contribution >= 0.6 is 0 Å². The molecule has 0 saturated carbocycles. The van der Waals surface area contributed by atoms with Crippen LogP contribution in [0.4, 0.5) is 13.2 Å². The second-order valence-electron chi connectivity index (χ2n) is 2.60. The number of pyridine rings is 1. The Bertz CT molecular complexity index is 313. The van der Waals surface area contributed by atoms with Gasteiger partial charge >= 0.3 is 0 Å². The van der Waals surface area contributed by atoms with Crippen molar-refractivity contribution in [3.05, 3.63) is 28.8 Å². The van der Waals surface area contributed by atoms with Gasteiger partial charge in [0.15, 0.2) is 0 Å². The Morgan fingerprint density at radius 3 is 2.62 bits per heavy atom. The molecular weight excluding hydrogens is 181 g/mol. The monoisotopic (exact) mass is 190 g/mol. The minimum absolute atomic E-state index is 0.0878. The molecule has 1 rings (SSSR count). The zero-order chi connectivity index (χ0) is 10.0. The highest BCUT2D eigenvalue weighted by molar-refractivity contribution is 5.29. The fourth-order valence-electron chi connectivity index (χ4n) is 1.04. The standard InChI is InChI=1S/C8H9F3N2/c1-4-7(9)5(2-12)6(3-13-4)8(10)11/h3,8H,2,12H2,1H3. The normalized spacial score (nSPS) is 10.9. The van der Waals surface area contributed by atoms with Gasteiger partial charge in [-0.1, -0.05) is 0 Å². The summed E-state index contributed by atoms with van der Waals surface area (Å²) in [6, 6.07) is 0. The molecule has 0 unspecified atom stereocenters. The first kappa shape index (κ1) is 9.98. The Hall–Kier alpha value is -1.10. The van der Waals surface area contributed by atoms with E-state index in [1.807, 2.05) is 0 Å². The summed E-state index contributed by atoms with van der Waals surface area (Å²) >= 11 is 0. The summed E-state index contributed by atoms with van der Waals surface area (Å²) in [5.41, 5.74) is 4.67. The van der Waals surface area contributed by atoms with Crippen molar-refractivity contribution in [1.29, 1.82) is 0 Å². The number of halogens is 3. The number of aryl methyl sites for hydroxylation is 1. The molecule has 2 N–H and O–H groups in total. The summed E-state index contributed by atoms with van der Waals surface area (Å²) in [5, 5.41) is 0. The van der Waals surface area contributed by atoms with E-state index >= 15 is 0 Å². The van der Waals surface area contributed by atoms with E-state index in [0.717, 1.165) is 6.20 Å². The van der Waals surface area contributed by atoms with Gasteiger partial charge in [-0.25, -0.2) is 13.2 Å². The zero-order valence-corrected chi connectivity index (χ0v) is 7.02. The van der Waals surface area contributed by atoms with Crippen molar-refractivity contribution >= 4 is 0 Å². The summed E-state index contributed by atoms with van der Waals surface area (Å²) < 4.78 is 37.7. The Morgan fingerprint density at radius 2 is 2.15 bits per heavy atom. The molecule has 0 aromatic carbocycles. The molecule has 1 aromatic heterocycles. The number of aromatic nitrogens is 1. The number of alkyl halides is 2. The van der Waals surface area contributed by atoms with Crippen LogP contribution in [-0.2, 0) is 6.54 Å². The first-order valence-corrected chi connectivity index (χ1v) is 3.70. The van der Waals surface area contributed by atoms with E-state index < -0.39 is 17.8 Å². The molecule has 0 aliphatic rings. The van der Waals surface area contributed by atoms with Crippen LogP contribution in [0.1, 0.15) is 23.2 Å². The average Bonchev–Trinajstić information content (AvgIpc) is 2.09. The van der Waals surface area contributed by atoms with E-state index in [9.17, 15) is 13.2 Å². The average molecular weight is 190 g/mol. The van der Waals surface area contributed by atoms with Gasteiger partial charge in [0.25, 0.3) is 6.43 Å². The van der Waals surface area contributed by atoms with Gasteiger partial charge in [0.1, 0.15) is 5.82 Å². The van der Waals surface area contributed by atoms with Crippen molar-refractivity contribution < 1.29 is 13.2 Å². The molecule has 0 radical (unpaired) electrons. The number of hydrogen-bond donors (Lipinski definition) is 1. The van der Waals surface area contributed by atoms with Gasteiger partial charge in [-0.05, 0) is 6.92 Å². The van der Waals surface area contributed by atoms with Crippen molar-refractivity contribution in [3.63, 3.8) is 0 Å². The van der Waals surface area contributed by atoms with Crippen LogP contribution in [0, 0.1) is 12.7 Å². The molecule has 13 heavy (non-hydrogen) atoms. The number of rotatable bonds is 2. The van der Waals surface area contributed by atoms with Crippen LogP contribution < -0.4 is 5.73 Å². The quantitative estimate of drug-likeness (QED) is 0.773. The first-order chi connectivity index (χ1) is 6.07. The molecule has 0 bridgehead atoms. The Kier molecular flexibility index (Phi) is 2.87. The van der Waals surface area contributed by atoms with Gasteiger partial charge in [-0.3, -0.25) is 4.98 Å². The third kappa shape index (κ3) is 1.80. The lowest BCUT2D eigenvalue weighted by Gasteiger charge is -2.08. The Labute approximate surface area is 73.6 Å². The van der Waals surface area contributed by atoms with Crippen LogP contribution in [0.2, 0.25) is 0 Å². The number of nitrogens with two attached hydrogens (primary N) is 1. The molecule has 0 atom stereocenters. The molecule has 1 heterocycles. The fraction of sp³-hybridized carbons (Fsp3) is 0.375. The third-order valence-corrected chi connectivity index (χ3v) is 1.77. The second kappa shape index (κ2) is 3.74. The summed E-state index contributed by atoms with van der Waals surface area (Å²) in [7, 11) is 0. The van der Waals surface area contributed by atoms with Crippen LogP contribution in [0.25, 0.3) is 0 Å². The molecule has 0 aliphatic heterocycles. The van der Waals surface area contributed by atoms with Gasteiger partial charge in [-0.2, -0.15) is 0 Å². The predicted octanol–water partition coefficient (Wildman–Crippen LogP) is 1.93. The highest BCUT2D eigenvalue weighted by Crippen LogP contribution is 2.24. The minimum atomic E-state index is -2.74. The van der Waals surface area contributed by atoms with E-state index in [1.54, 1.807) is 0 Å². The maximum atomic E-state index is 13.1. The molecule has 72 valence electrons. The van der Waals surface area contributed by atoms with E-state index in [2.05, 4.69) is 4.98 Å². The lowest BCUT2D eigenvalue weighted by atomic mass is 10.1.